The summed E-state index contributed by atoms with van der Waals surface area (Å²) in [5.74, 6) is 0. The number of morpholine rings is 1. The standard InChI is InChI=1S/C5H11NO.C3H8/c1-6-2-4-7-5-3-6;1-3-2/h2-5H2,1H3;3H2,1-2H3. The zero-order valence-electron chi connectivity index (χ0n) is 7.39. The van der Waals surface area contributed by atoms with Crippen molar-refractivity contribution in [2.24, 2.45) is 0 Å². The Morgan fingerprint density at radius 1 is 1.20 bits per heavy atom. The van der Waals surface area contributed by atoms with Gasteiger partial charge in [0.2, 0.25) is 0 Å². The van der Waals surface area contributed by atoms with Crippen molar-refractivity contribution < 1.29 is 4.74 Å². The Labute approximate surface area is 64.2 Å². The van der Waals surface area contributed by atoms with Gasteiger partial charge in [-0.1, -0.05) is 20.3 Å². The second-order valence-corrected chi connectivity index (χ2v) is 2.62. The third-order valence-corrected chi connectivity index (χ3v) is 1.23. The van der Waals surface area contributed by atoms with Crippen LogP contribution >= 0.6 is 0 Å². The summed E-state index contributed by atoms with van der Waals surface area (Å²) in [5, 5.41) is 0. The van der Waals surface area contributed by atoms with E-state index < -0.39 is 0 Å². The molecule has 10 heavy (non-hydrogen) atoms. The second-order valence-electron chi connectivity index (χ2n) is 2.62. The Balaban J connectivity index is 0.000000236. The van der Waals surface area contributed by atoms with Crippen molar-refractivity contribution in [3.63, 3.8) is 0 Å². The van der Waals surface area contributed by atoms with Gasteiger partial charge in [0.1, 0.15) is 0 Å². The van der Waals surface area contributed by atoms with Crippen LogP contribution in [0.3, 0.4) is 0 Å². The largest absolute Gasteiger partial charge is 0.379 e. The van der Waals surface area contributed by atoms with Gasteiger partial charge in [-0.2, -0.15) is 0 Å². The van der Waals surface area contributed by atoms with E-state index in [2.05, 4.69) is 25.8 Å². The number of hydrogen-bond acceptors (Lipinski definition) is 2. The van der Waals surface area contributed by atoms with Crippen LogP contribution in [0, 0.1) is 0 Å². The molecule has 0 aromatic heterocycles. The molecule has 0 aromatic carbocycles. The lowest BCUT2D eigenvalue weighted by atomic mass is 10.5. The monoisotopic (exact) mass is 145 g/mol. The molecule has 0 radical (unpaired) electrons. The topological polar surface area (TPSA) is 12.5 Å². The maximum absolute atomic E-state index is 5.10. The summed E-state index contributed by atoms with van der Waals surface area (Å²) in [6.45, 7) is 8.27. The summed E-state index contributed by atoms with van der Waals surface area (Å²) >= 11 is 0. The number of hydrogen-bond donors (Lipinski definition) is 0. The molecule has 0 aromatic rings. The van der Waals surface area contributed by atoms with Gasteiger partial charge in [-0.3, -0.25) is 0 Å². The Morgan fingerprint density at radius 3 is 1.80 bits per heavy atom. The molecule has 0 N–H and O–H groups in total. The van der Waals surface area contributed by atoms with Gasteiger partial charge < -0.3 is 9.64 Å². The number of rotatable bonds is 0. The predicted molar refractivity (Wildman–Crippen MR) is 44.3 cm³/mol. The maximum atomic E-state index is 5.10. The minimum Gasteiger partial charge on any atom is -0.379 e. The summed E-state index contributed by atoms with van der Waals surface area (Å²) in [6, 6.07) is 0. The van der Waals surface area contributed by atoms with Crippen LogP contribution in [0.1, 0.15) is 20.3 Å². The zero-order chi connectivity index (χ0) is 7.82. The fraction of sp³-hybridized carbons (Fsp3) is 1.00. The lowest BCUT2D eigenvalue weighted by molar-refractivity contribution is 0.0503. The van der Waals surface area contributed by atoms with E-state index in [-0.39, 0.29) is 0 Å². The molecule has 1 rings (SSSR count). The van der Waals surface area contributed by atoms with E-state index in [9.17, 15) is 0 Å². The van der Waals surface area contributed by atoms with Gasteiger partial charge in [-0.05, 0) is 7.05 Å². The highest BCUT2D eigenvalue weighted by atomic mass is 16.5. The molecular weight excluding hydrogens is 126 g/mol. The summed E-state index contributed by atoms with van der Waals surface area (Å²) in [6.07, 6.45) is 1.25. The molecule has 2 heteroatoms. The molecular formula is C8H19NO. The van der Waals surface area contributed by atoms with E-state index >= 15 is 0 Å². The minimum absolute atomic E-state index is 0.913. The van der Waals surface area contributed by atoms with Gasteiger partial charge in [0.25, 0.3) is 0 Å². The van der Waals surface area contributed by atoms with E-state index in [0.29, 0.717) is 0 Å². The van der Waals surface area contributed by atoms with E-state index in [1.54, 1.807) is 0 Å². The molecule has 1 fully saturated rings. The maximum Gasteiger partial charge on any atom is 0.0594 e. The van der Waals surface area contributed by atoms with Crippen LogP contribution in [0.4, 0.5) is 0 Å². The van der Waals surface area contributed by atoms with Gasteiger partial charge in [-0.15, -0.1) is 0 Å². The Hall–Kier alpha value is -0.0800. The first-order chi connectivity index (χ1) is 4.81. The lowest BCUT2D eigenvalue weighted by Gasteiger charge is -2.21. The molecule has 0 spiro atoms. The van der Waals surface area contributed by atoms with Crippen molar-refractivity contribution in [1.29, 1.82) is 0 Å². The van der Waals surface area contributed by atoms with Gasteiger partial charge in [-0.25, -0.2) is 0 Å². The van der Waals surface area contributed by atoms with Gasteiger partial charge in [0.15, 0.2) is 0 Å². The Bertz CT molecular complexity index is 60.3. The summed E-state index contributed by atoms with van der Waals surface area (Å²) in [4.78, 5) is 2.27. The molecule has 1 heterocycles. The molecule has 1 saturated heterocycles. The highest BCUT2D eigenvalue weighted by molar-refractivity contribution is 4.53. The first kappa shape index (κ1) is 9.92. The van der Waals surface area contributed by atoms with Gasteiger partial charge >= 0.3 is 0 Å². The molecule has 1 aliphatic rings. The third kappa shape index (κ3) is 6.05. The van der Waals surface area contributed by atoms with Gasteiger partial charge in [0.05, 0.1) is 13.2 Å². The third-order valence-electron chi connectivity index (χ3n) is 1.23. The smallest absolute Gasteiger partial charge is 0.0594 e. The van der Waals surface area contributed by atoms with E-state index in [0.717, 1.165) is 26.3 Å². The van der Waals surface area contributed by atoms with E-state index in [1.807, 2.05) is 0 Å². The highest BCUT2D eigenvalue weighted by Gasteiger charge is 2.02. The van der Waals surface area contributed by atoms with Crippen LogP contribution < -0.4 is 0 Å². The predicted octanol–water partition coefficient (Wildman–Crippen LogP) is 1.36. The summed E-state index contributed by atoms with van der Waals surface area (Å²) in [5.41, 5.74) is 0. The van der Waals surface area contributed by atoms with Crippen molar-refractivity contribution >= 4 is 0 Å². The molecule has 0 saturated carbocycles. The van der Waals surface area contributed by atoms with Crippen LogP contribution in [0.25, 0.3) is 0 Å². The number of ether oxygens (including phenoxy) is 1. The summed E-state index contributed by atoms with van der Waals surface area (Å²) in [7, 11) is 2.11. The van der Waals surface area contributed by atoms with Crippen molar-refractivity contribution in [3.8, 4) is 0 Å². The van der Waals surface area contributed by atoms with Crippen LogP contribution in [0.5, 0.6) is 0 Å². The first-order valence-electron chi connectivity index (χ1n) is 4.07. The Morgan fingerprint density at radius 2 is 1.60 bits per heavy atom. The average Bonchev–Trinajstić information content (AvgIpc) is 1.91. The van der Waals surface area contributed by atoms with Crippen LogP contribution in [-0.4, -0.2) is 38.3 Å². The molecule has 0 amide bonds. The summed E-state index contributed by atoms with van der Waals surface area (Å²) < 4.78 is 5.10. The quantitative estimate of drug-likeness (QED) is 0.510. The zero-order valence-corrected chi connectivity index (χ0v) is 7.39. The molecule has 2 nitrogen and oxygen atoms in total. The number of nitrogens with zero attached hydrogens (tertiary/aromatic N) is 1. The van der Waals surface area contributed by atoms with Crippen molar-refractivity contribution in [2.75, 3.05) is 33.4 Å². The molecule has 0 unspecified atom stereocenters. The van der Waals surface area contributed by atoms with Gasteiger partial charge in [0, 0.05) is 13.1 Å². The molecule has 1 aliphatic heterocycles. The SMILES string of the molecule is CCC.CN1CCOCC1. The van der Waals surface area contributed by atoms with Crippen molar-refractivity contribution in [1.82, 2.24) is 4.90 Å². The second kappa shape index (κ2) is 7.03. The highest BCUT2D eigenvalue weighted by Crippen LogP contribution is 1.89. The average molecular weight is 145 g/mol. The van der Waals surface area contributed by atoms with Crippen LogP contribution in [-0.2, 0) is 4.74 Å². The first-order valence-corrected chi connectivity index (χ1v) is 4.07. The molecule has 0 atom stereocenters. The fourth-order valence-electron chi connectivity index (χ4n) is 0.655. The van der Waals surface area contributed by atoms with E-state index in [1.165, 1.54) is 6.42 Å². The van der Waals surface area contributed by atoms with E-state index in [4.69, 9.17) is 4.74 Å². The minimum atomic E-state index is 0.913. The lowest BCUT2D eigenvalue weighted by Crippen LogP contribution is -2.32. The van der Waals surface area contributed by atoms with Crippen LogP contribution in [0.15, 0.2) is 0 Å². The Kier molecular flexibility index (Phi) is 6.98. The van der Waals surface area contributed by atoms with Crippen molar-refractivity contribution in [2.45, 2.75) is 20.3 Å². The molecule has 0 bridgehead atoms. The molecule has 0 aliphatic carbocycles. The molecule has 62 valence electrons. The number of likely N-dealkylation sites (N-methyl/N-ethyl adjacent to an activating group) is 1. The van der Waals surface area contributed by atoms with Crippen LogP contribution in [0.2, 0.25) is 0 Å². The fourth-order valence-corrected chi connectivity index (χ4v) is 0.655. The normalized spacial score (nSPS) is 19.5. The van der Waals surface area contributed by atoms with Crippen molar-refractivity contribution in [3.05, 3.63) is 0 Å².